The molecule has 0 saturated heterocycles. The van der Waals surface area contributed by atoms with Gasteiger partial charge >= 0.3 is 5.69 Å². The first-order chi connectivity index (χ1) is 9.40. The van der Waals surface area contributed by atoms with Crippen LogP contribution in [0, 0.1) is 20.8 Å². The molecule has 104 valence electrons. The van der Waals surface area contributed by atoms with E-state index in [2.05, 4.69) is 10.1 Å². The van der Waals surface area contributed by atoms with Crippen molar-refractivity contribution in [1.29, 1.82) is 0 Å². The SMILES string of the molecule is Cc1sc2nc(C)n3c(=O)n(CC(N)=O)nc3c2c1C. The first kappa shape index (κ1) is 12.8. The molecule has 0 aromatic carbocycles. The Morgan fingerprint density at radius 1 is 1.35 bits per heavy atom. The number of hydrogen-bond acceptors (Lipinski definition) is 5. The van der Waals surface area contributed by atoms with Crippen LogP contribution in [0.25, 0.3) is 15.9 Å². The van der Waals surface area contributed by atoms with Crippen LogP contribution < -0.4 is 11.4 Å². The summed E-state index contributed by atoms with van der Waals surface area (Å²) in [5.41, 5.74) is 6.33. The third-order valence-corrected chi connectivity index (χ3v) is 4.42. The Morgan fingerprint density at radius 3 is 2.70 bits per heavy atom. The maximum Gasteiger partial charge on any atom is 0.352 e. The Kier molecular flexibility index (Phi) is 2.65. The average Bonchev–Trinajstić information content (AvgIpc) is 2.79. The fourth-order valence-corrected chi connectivity index (χ4v) is 3.33. The van der Waals surface area contributed by atoms with Crippen LogP contribution in [-0.2, 0) is 11.3 Å². The highest BCUT2D eigenvalue weighted by atomic mass is 32.1. The molecule has 0 aliphatic rings. The van der Waals surface area contributed by atoms with E-state index in [0.29, 0.717) is 11.5 Å². The monoisotopic (exact) mass is 291 g/mol. The first-order valence-electron chi connectivity index (χ1n) is 6.04. The molecule has 3 aromatic rings. The van der Waals surface area contributed by atoms with Gasteiger partial charge in [-0.1, -0.05) is 0 Å². The van der Waals surface area contributed by atoms with Crippen molar-refractivity contribution in [1.82, 2.24) is 19.2 Å². The molecule has 3 rings (SSSR count). The summed E-state index contributed by atoms with van der Waals surface area (Å²) in [5.74, 6) is -0.0509. The fourth-order valence-electron chi connectivity index (χ4n) is 2.26. The van der Waals surface area contributed by atoms with Crippen LogP contribution in [0.5, 0.6) is 0 Å². The third kappa shape index (κ3) is 1.64. The maximum atomic E-state index is 12.3. The molecule has 1 amide bonds. The highest BCUT2D eigenvalue weighted by Crippen LogP contribution is 2.31. The number of amides is 1. The van der Waals surface area contributed by atoms with Gasteiger partial charge in [-0.25, -0.2) is 18.9 Å². The smallest absolute Gasteiger partial charge is 0.352 e. The summed E-state index contributed by atoms with van der Waals surface area (Å²) in [6.45, 7) is 5.49. The van der Waals surface area contributed by atoms with Crippen LogP contribution in [0.1, 0.15) is 16.3 Å². The highest BCUT2D eigenvalue weighted by Gasteiger charge is 2.18. The second kappa shape index (κ2) is 4.14. The van der Waals surface area contributed by atoms with E-state index in [1.165, 1.54) is 4.40 Å². The number of carbonyl (C=O) groups is 1. The number of nitrogens with zero attached hydrogens (tertiary/aromatic N) is 4. The van der Waals surface area contributed by atoms with Gasteiger partial charge in [-0.2, -0.15) is 0 Å². The predicted molar refractivity (Wildman–Crippen MR) is 76.0 cm³/mol. The second-order valence-electron chi connectivity index (χ2n) is 4.69. The molecule has 20 heavy (non-hydrogen) atoms. The Morgan fingerprint density at radius 2 is 2.05 bits per heavy atom. The van der Waals surface area contributed by atoms with Crippen molar-refractivity contribution in [2.45, 2.75) is 27.3 Å². The summed E-state index contributed by atoms with van der Waals surface area (Å²) < 4.78 is 2.50. The summed E-state index contributed by atoms with van der Waals surface area (Å²) in [4.78, 5) is 29.7. The van der Waals surface area contributed by atoms with Gasteiger partial charge in [0.25, 0.3) is 0 Å². The van der Waals surface area contributed by atoms with E-state index in [4.69, 9.17) is 5.73 Å². The quantitative estimate of drug-likeness (QED) is 0.744. The zero-order chi connectivity index (χ0) is 14.6. The minimum Gasteiger partial charge on any atom is -0.368 e. The van der Waals surface area contributed by atoms with E-state index in [9.17, 15) is 9.59 Å². The lowest BCUT2D eigenvalue weighted by atomic mass is 10.2. The first-order valence-corrected chi connectivity index (χ1v) is 6.86. The molecular formula is C12H13N5O2S. The number of primary amides is 1. The van der Waals surface area contributed by atoms with Gasteiger partial charge < -0.3 is 5.73 Å². The minimum atomic E-state index is -0.601. The topological polar surface area (TPSA) is 95.3 Å². The number of fused-ring (bicyclic) bond motifs is 3. The molecular weight excluding hydrogens is 278 g/mol. The van der Waals surface area contributed by atoms with Crippen molar-refractivity contribution in [2.75, 3.05) is 0 Å². The summed E-state index contributed by atoms with van der Waals surface area (Å²) in [6.07, 6.45) is 0. The number of aryl methyl sites for hydroxylation is 3. The second-order valence-corrected chi connectivity index (χ2v) is 5.89. The molecule has 0 spiro atoms. The summed E-state index contributed by atoms with van der Waals surface area (Å²) in [5, 5.41) is 5.11. The summed E-state index contributed by atoms with van der Waals surface area (Å²) >= 11 is 1.57. The number of thiophene rings is 1. The average molecular weight is 291 g/mol. The Balaban J connectivity index is 2.49. The van der Waals surface area contributed by atoms with Crippen LogP contribution in [0.2, 0.25) is 0 Å². The molecule has 8 heteroatoms. The standard InChI is InChI=1S/C12H13N5O2S/c1-5-6(2)20-11-9(5)10-15-16(4-8(13)18)12(19)17(10)7(3)14-11/h4H2,1-3H3,(H2,13,18). The van der Waals surface area contributed by atoms with E-state index in [1.807, 2.05) is 13.8 Å². The van der Waals surface area contributed by atoms with E-state index in [0.717, 1.165) is 25.3 Å². The molecule has 0 atom stereocenters. The van der Waals surface area contributed by atoms with Crippen LogP contribution in [0.15, 0.2) is 4.79 Å². The Labute approximate surface area is 117 Å². The number of nitrogens with two attached hydrogens (primary N) is 1. The van der Waals surface area contributed by atoms with Gasteiger partial charge in [-0.3, -0.25) is 4.79 Å². The third-order valence-electron chi connectivity index (χ3n) is 3.32. The maximum absolute atomic E-state index is 12.3. The van der Waals surface area contributed by atoms with Gasteiger partial charge in [0, 0.05) is 4.88 Å². The predicted octanol–water partition coefficient (Wildman–Crippen LogP) is 0.516. The molecule has 3 aromatic heterocycles. The molecule has 0 bridgehead atoms. The lowest BCUT2D eigenvalue weighted by Gasteiger charge is -1.98. The van der Waals surface area contributed by atoms with Gasteiger partial charge in [0.15, 0.2) is 5.65 Å². The fraction of sp³-hybridized carbons (Fsp3) is 0.333. The molecule has 0 radical (unpaired) electrons. The molecule has 7 nitrogen and oxygen atoms in total. The molecule has 0 fully saturated rings. The van der Waals surface area contributed by atoms with Crippen molar-refractivity contribution in [2.24, 2.45) is 5.73 Å². The number of hydrogen-bond donors (Lipinski definition) is 1. The summed E-state index contributed by atoms with van der Waals surface area (Å²) in [7, 11) is 0. The summed E-state index contributed by atoms with van der Waals surface area (Å²) in [6, 6.07) is 0. The number of aromatic nitrogens is 4. The van der Waals surface area contributed by atoms with Gasteiger partial charge in [0.2, 0.25) is 5.91 Å². The van der Waals surface area contributed by atoms with Crippen molar-refractivity contribution in [3.05, 3.63) is 26.7 Å². The van der Waals surface area contributed by atoms with Crippen LogP contribution >= 0.6 is 11.3 Å². The van der Waals surface area contributed by atoms with Gasteiger partial charge in [0.1, 0.15) is 17.2 Å². The number of carbonyl (C=O) groups excluding carboxylic acids is 1. The van der Waals surface area contributed by atoms with Gasteiger partial charge in [0.05, 0.1) is 5.39 Å². The number of rotatable bonds is 2. The van der Waals surface area contributed by atoms with Crippen LogP contribution in [-0.4, -0.2) is 25.1 Å². The lowest BCUT2D eigenvalue weighted by molar-refractivity contribution is -0.118. The zero-order valence-corrected chi connectivity index (χ0v) is 12.1. The van der Waals surface area contributed by atoms with E-state index >= 15 is 0 Å². The lowest BCUT2D eigenvalue weighted by Crippen LogP contribution is -2.29. The highest BCUT2D eigenvalue weighted by molar-refractivity contribution is 7.18. The van der Waals surface area contributed by atoms with Crippen molar-refractivity contribution in [3.8, 4) is 0 Å². The largest absolute Gasteiger partial charge is 0.368 e. The molecule has 2 N–H and O–H groups in total. The van der Waals surface area contributed by atoms with E-state index in [1.54, 1.807) is 18.3 Å². The Hall–Kier alpha value is -2.22. The van der Waals surface area contributed by atoms with Crippen LogP contribution in [0.4, 0.5) is 0 Å². The molecule has 0 aliphatic heterocycles. The molecule has 0 aliphatic carbocycles. The minimum absolute atomic E-state index is 0.233. The molecule has 0 saturated carbocycles. The van der Waals surface area contributed by atoms with E-state index < -0.39 is 11.6 Å². The normalized spacial score (nSPS) is 11.6. The zero-order valence-electron chi connectivity index (χ0n) is 11.3. The Bertz CT molecular complexity index is 918. The van der Waals surface area contributed by atoms with E-state index in [-0.39, 0.29) is 6.54 Å². The molecule has 3 heterocycles. The van der Waals surface area contributed by atoms with Gasteiger partial charge in [-0.05, 0) is 26.3 Å². The molecule has 0 unspecified atom stereocenters. The van der Waals surface area contributed by atoms with Crippen molar-refractivity contribution in [3.63, 3.8) is 0 Å². The van der Waals surface area contributed by atoms with Crippen molar-refractivity contribution >= 4 is 33.1 Å². The van der Waals surface area contributed by atoms with Crippen molar-refractivity contribution < 1.29 is 4.79 Å². The van der Waals surface area contributed by atoms with Gasteiger partial charge in [-0.15, -0.1) is 16.4 Å². The van der Waals surface area contributed by atoms with Crippen LogP contribution in [0.3, 0.4) is 0 Å².